The third-order valence-corrected chi connectivity index (χ3v) is 7.82. The Hall–Kier alpha value is -2.58. The molecular formula is C25H32N6OS. The number of nitrogens with zero attached hydrogens (tertiary/aromatic N) is 5. The molecule has 0 bridgehead atoms. The second kappa shape index (κ2) is 9.73. The molecular weight excluding hydrogens is 432 g/mol. The van der Waals surface area contributed by atoms with Crippen LogP contribution in [0.1, 0.15) is 37.1 Å². The minimum absolute atomic E-state index is 0.120. The minimum atomic E-state index is 0.120. The highest BCUT2D eigenvalue weighted by atomic mass is 32.1. The summed E-state index contributed by atoms with van der Waals surface area (Å²) in [6.45, 7) is 9.08. The number of rotatable bonds is 6. The fraction of sp³-hybridized carbons (Fsp3) is 0.520. The average Bonchev–Trinajstić information content (AvgIpc) is 3.20. The summed E-state index contributed by atoms with van der Waals surface area (Å²) in [6.07, 6.45) is 8.06. The van der Waals surface area contributed by atoms with Gasteiger partial charge in [0.15, 0.2) is 5.82 Å². The van der Waals surface area contributed by atoms with E-state index in [0.29, 0.717) is 6.54 Å². The van der Waals surface area contributed by atoms with Crippen molar-refractivity contribution in [1.29, 1.82) is 0 Å². The normalized spacial score (nSPS) is 19.0. The predicted octanol–water partition coefficient (Wildman–Crippen LogP) is 3.53. The second-order valence-corrected chi connectivity index (χ2v) is 10.3. The first kappa shape index (κ1) is 22.2. The summed E-state index contributed by atoms with van der Waals surface area (Å²) in [7, 11) is 0. The maximum absolute atomic E-state index is 12.2. The Bertz CT molecular complexity index is 1120. The number of piperazine rings is 1. The molecule has 1 atom stereocenters. The molecule has 1 aliphatic carbocycles. The number of fused-ring (bicyclic) bond motifs is 3. The highest BCUT2D eigenvalue weighted by molar-refractivity contribution is 7.19. The molecule has 0 saturated carbocycles. The van der Waals surface area contributed by atoms with Gasteiger partial charge in [-0.2, -0.15) is 0 Å². The Morgan fingerprint density at radius 3 is 2.85 bits per heavy atom. The van der Waals surface area contributed by atoms with Gasteiger partial charge in [-0.1, -0.05) is 13.8 Å². The summed E-state index contributed by atoms with van der Waals surface area (Å²) in [6, 6.07) is 3.96. The molecule has 1 fully saturated rings. The predicted molar refractivity (Wildman–Crippen MR) is 134 cm³/mol. The van der Waals surface area contributed by atoms with Gasteiger partial charge in [0.25, 0.3) is 0 Å². The number of aryl methyl sites for hydroxylation is 1. The van der Waals surface area contributed by atoms with E-state index in [-0.39, 0.29) is 5.91 Å². The van der Waals surface area contributed by atoms with E-state index in [1.807, 2.05) is 29.7 Å². The van der Waals surface area contributed by atoms with Gasteiger partial charge in [0.2, 0.25) is 5.91 Å². The van der Waals surface area contributed by atoms with E-state index in [1.165, 1.54) is 22.2 Å². The molecule has 1 aliphatic heterocycles. The van der Waals surface area contributed by atoms with Crippen LogP contribution in [0.4, 0.5) is 5.82 Å². The summed E-state index contributed by atoms with van der Waals surface area (Å²) in [5, 5.41) is 4.24. The zero-order valence-electron chi connectivity index (χ0n) is 19.5. The number of aromatic nitrogens is 3. The first-order valence-corrected chi connectivity index (χ1v) is 12.9. The molecule has 8 heteroatoms. The standard InChI is InChI=1S/C25H32N6OS/c1-3-8-27-21(32)16-30-10-12-31(13-11-30)24-22-19-7-6-17(2)14-20(19)33-25(22)29-23(28-24)18-5-4-9-26-15-18/h4-5,9,15,17H,3,6-8,10-14,16H2,1-2H3,(H,27,32)/t17-/m1/s1. The van der Waals surface area contributed by atoms with Gasteiger partial charge in [0.05, 0.1) is 11.9 Å². The number of nitrogens with one attached hydrogen (secondary N) is 1. The smallest absolute Gasteiger partial charge is 0.234 e. The van der Waals surface area contributed by atoms with E-state index >= 15 is 0 Å². The molecule has 174 valence electrons. The first-order chi connectivity index (χ1) is 16.1. The van der Waals surface area contributed by atoms with Crippen molar-refractivity contribution in [1.82, 2.24) is 25.2 Å². The Morgan fingerprint density at radius 2 is 2.09 bits per heavy atom. The second-order valence-electron chi connectivity index (χ2n) is 9.26. The molecule has 4 heterocycles. The molecule has 3 aromatic rings. The monoisotopic (exact) mass is 464 g/mol. The molecule has 33 heavy (non-hydrogen) atoms. The van der Waals surface area contributed by atoms with E-state index in [1.54, 1.807) is 6.20 Å². The number of thiophene rings is 1. The van der Waals surface area contributed by atoms with Gasteiger partial charge in [-0.05, 0) is 49.3 Å². The van der Waals surface area contributed by atoms with Crippen LogP contribution in [-0.4, -0.2) is 65.0 Å². The maximum Gasteiger partial charge on any atom is 0.234 e. The number of anilines is 1. The summed E-state index contributed by atoms with van der Waals surface area (Å²) in [4.78, 5) is 33.8. The van der Waals surface area contributed by atoms with Crippen LogP contribution in [0.2, 0.25) is 0 Å². The van der Waals surface area contributed by atoms with Crippen molar-refractivity contribution >= 4 is 33.3 Å². The maximum atomic E-state index is 12.2. The number of carbonyl (C=O) groups excluding carboxylic acids is 1. The summed E-state index contributed by atoms with van der Waals surface area (Å²) < 4.78 is 0. The number of amides is 1. The lowest BCUT2D eigenvalue weighted by molar-refractivity contribution is -0.122. The average molecular weight is 465 g/mol. The van der Waals surface area contributed by atoms with Crippen molar-refractivity contribution < 1.29 is 4.79 Å². The molecule has 1 N–H and O–H groups in total. The molecule has 1 saturated heterocycles. The van der Waals surface area contributed by atoms with Gasteiger partial charge < -0.3 is 10.2 Å². The van der Waals surface area contributed by atoms with Crippen LogP contribution in [0.25, 0.3) is 21.6 Å². The van der Waals surface area contributed by atoms with Crippen LogP contribution in [-0.2, 0) is 17.6 Å². The summed E-state index contributed by atoms with van der Waals surface area (Å²) in [5.41, 5.74) is 2.41. The van der Waals surface area contributed by atoms with Crippen LogP contribution in [0.3, 0.4) is 0 Å². The summed E-state index contributed by atoms with van der Waals surface area (Å²) in [5.74, 6) is 2.65. The lowest BCUT2D eigenvalue weighted by atomic mass is 9.89. The van der Waals surface area contributed by atoms with Gasteiger partial charge >= 0.3 is 0 Å². The van der Waals surface area contributed by atoms with E-state index in [0.717, 1.165) is 79.9 Å². The zero-order valence-corrected chi connectivity index (χ0v) is 20.3. The number of carbonyl (C=O) groups is 1. The topological polar surface area (TPSA) is 74.2 Å². The largest absolute Gasteiger partial charge is 0.355 e. The Kier molecular flexibility index (Phi) is 6.55. The summed E-state index contributed by atoms with van der Waals surface area (Å²) >= 11 is 1.85. The van der Waals surface area contributed by atoms with Crippen molar-refractivity contribution in [2.24, 2.45) is 5.92 Å². The molecule has 7 nitrogen and oxygen atoms in total. The molecule has 1 amide bonds. The third-order valence-electron chi connectivity index (χ3n) is 6.67. The van der Waals surface area contributed by atoms with Gasteiger partial charge in [-0.15, -0.1) is 11.3 Å². The Balaban J connectivity index is 1.45. The minimum Gasteiger partial charge on any atom is -0.355 e. The molecule has 3 aromatic heterocycles. The quantitative estimate of drug-likeness (QED) is 0.602. The van der Waals surface area contributed by atoms with Crippen molar-refractivity contribution in [3.05, 3.63) is 35.0 Å². The highest BCUT2D eigenvalue weighted by Crippen LogP contribution is 2.42. The van der Waals surface area contributed by atoms with E-state index in [2.05, 4.69) is 33.9 Å². The highest BCUT2D eigenvalue weighted by Gasteiger charge is 2.28. The van der Waals surface area contributed by atoms with E-state index in [4.69, 9.17) is 9.97 Å². The molecule has 0 unspecified atom stereocenters. The van der Waals surface area contributed by atoms with E-state index in [9.17, 15) is 4.79 Å². The SMILES string of the molecule is CCCNC(=O)CN1CCN(c2nc(-c3cccnc3)nc3sc4c(c23)CC[C@@H](C)C4)CC1. The van der Waals surface area contributed by atoms with Crippen LogP contribution in [0.15, 0.2) is 24.5 Å². The zero-order chi connectivity index (χ0) is 22.8. The van der Waals surface area contributed by atoms with E-state index < -0.39 is 0 Å². The van der Waals surface area contributed by atoms with Gasteiger partial charge in [0.1, 0.15) is 10.6 Å². The number of hydrogen-bond donors (Lipinski definition) is 1. The lowest BCUT2D eigenvalue weighted by Gasteiger charge is -2.35. The molecule has 0 aromatic carbocycles. The fourth-order valence-electron chi connectivity index (χ4n) is 4.82. The van der Waals surface area contributed by atoms with Gasteiger partial charge in [-0.25, -0.2) is 9.97 Å². The van der Waals surface area contributed by atoms with Crippen LogP contribution in [0, 0.1) is 5.92 Å². The van der Waals surface area contributed by atoms with Gasteiger partial charge in [0, 0.05) is 55.6 Å². The Labute approximate surface area is 199 Å². The molecule has 5 rings (SSSR count). The number of pyridine rings is 1. The first-order valence-electron chi connectivity index (χ1n) is 12.1. The number of hydrogen-bond acceptors (Lipinski definition) is 7. The van der Waals surface area contributed by atoms with Crippen molar-refractivity contribution in [3.8, 4) is 11.4 Å². The fourth-order valence-corrected chi connectivity index (χ4v) is 6.19. The van der Waals surface area contributed by atoms with Crippen molar-refractivity contribution in [3.63, 3.8) is 0 Å². The lowest BCUT2D eigenvalue weighted by Crippen LogP contribution is -2.49. The van der Waals surface area contributed by atoms with Crippen LogP contribution < -0.4 is 10.2 Å². The van der Waals surface area contributed by atoms with Crippen LogP contribution >= 0.6 is 11.3 Å². The van der Waals surface area contributed by atoms with Crippen molar-refractivity contribution in [2.45, 2.75) is 39.5 Å². The Morgan fingerprint density at radius 1 is 1.24 bits per heavy atom. The third kappa shape index (κ3) is 4.73. The van der Waals surface area contributed by atoms with Crippen molar-refractivity contribution in [2.75, 3.05) is 44.2 Å². The van der Waals surface area contributed by atoms with Gasteiger partial charge in [-0.3, -0.25) is 14.7 Å². The molecule has 0 spiro atoms. The molecule has 2 aliphatic rings. The molecule has 0 radical (unpaired) electrons. The van der Waals surface area contributed by atoms with Crippen LogP contribution in [0.5, 0.6) is 0 Å².